The highest BCUT2D eigenvalue weighted by Gasteiger charge is 2.41. The summed E-state index contributed by atoms with van der Waals surface area (Å²) in [5.74, 6) is -1.89. The average Bonchev–Trinajstić information content (AvgIpc) is 2.42. The first-order valence-electron chi connectivity index (χ1n) is 6.81. The summed E-state index contributed by atoms with van der Waals surface area (Å²) in [6, 6.07) is 5.86. The Morgan fingerprint density at radius 1 is 1.20 bits per heavy atom. The molecule has 1 fully saturated rings. The predicted molar refractivity (Wildman–Crippen MR) is 72.8 cm³/mol. The Labute approximate surface area is 117 Å². The van der Waals surface area contributed by atoms with E-state index in [1.54, 1.807) is 6.07 Å². The first kappa shape index (κ1) is 14.5. The van der Waals surface area contributed by atoms with Gasteiger partial charge in [-0.05, 0) is 25.0 Å². The maximum absolute atomic E-state index is 13.5. The van der Waals surface area contributed by atoms with E-state index in [0.717, 1.165) is 19.3 Å². The number of benzene rings is 1. The molecule has 0 unspecified atom stereocenters. The molecule has 5 heteroatoms. The molecule has 1 aliphatic carbocycles. The van der Waals surface area contributed by atoms with Crippen LogP contribution in [-0.2, 0) is 9.59 Å². The van der Waals surface area contributed by atoms with E-state index in [4.69, 9.17) is 0 Å². The third kappa shape index (κ3) is 3.15. The van der Waals surface area contributed by atoms with Crippen LogP contribution in [0.4, 0.5) is 10.1 Å². The zero-order chi connectivity index (χ0) is 14.6. The van der Waals surface area contributed by atoms with Crippen LogP contribution in [0.5, 0.6) is 0 Å². The Hall–Kier alpha value is -1.91. The Morgan fingerprint density at radius 2 is 1.85 bits per heavy atom. The van der Waals surface area contributed by atoms with Gasteiger partial charge in [0.25, 0.3) is 0 Å². The van der Waals surface area contributed by atoms with Crippen molar-refractivity contribution in [3.05, 3.63) is 30.1 Å². The zero-order valence-corrected chi connectivity index (χ0v) is 11.2. The van der Waals surface area contributed by atoms with E-state index in [1.807, 2.05) is 0 Å². The molecule has 0 spiro atoms. The number of halogens is 1. The normalized spacial score (nSPS) is 17.4. The molecule has 4 nitrogen and oxygen atoms in total. The van der Waals surface area contributed by atoms with Crippen molar-refractivity contribution >= 4 is 17.6 Å². The number of nitrogens with one attached hydrogen (secondary N) is 1. The van der Waals surface area contributed by atoms with E-state index in [2.05, 4.69) is 5.32 Å². The van der Waals surface area contributed by atoms with Crippen LogP contribution in [0.3, 0.4) is 0 Å². The van der Waals surface area contributed by atoms with Gasteiger partial charge in [0.05, 0.1) is 11.1 Å². The van der Waals surface area contributed by atoms with Gasteiger partial charge < -0.3 is 10.4 Å². The van der Waals surface area contributed by atoms with Crippen molar-refractivity contribution < 1.29 is 19.1 Å². The van der Waals surface area contributed by atoms with Gasteiger partial charge in [-0.1, -0.05) is 31.4 Å². The minimum absolute atomic E-state index is 0.0915. The number of hydrogen-bond acceptors (Lipinski definition) is 2. The molecular formula is C15H18FNO3. The lowest BCUT2D eigenvalue weighted by atomic mass is 9.71. The number of para-hydroxylation sites is 1. The van der Waals surface area contributed by atoms with Crippen LogP contribution < -0.4 is 5.32 Å². The van der Waals surface area contributed by atoms with E-state index in [0.29, 0.717) is 12.8 Å². The Balaban J connectivity index is 2.06. The predicted octanol–water partition coefficient (Wildman–Crippen LogP) is 3.19. The van der Waals surface area contributed by atoms with E-state index in [-0.39, 0.29) is 12.1 Å². The third-order valence-electron chi connectivity index (χ3n) is 3.91. The molecule has 1 aromatic carbocycles. The van der Waals surface area contributed by atoms with Crippen molar-refractivity contribution in [2.24, 2.45) is 5.41 Å². The number of carbonyl (C=O) groups excluding carboxylic acids is 1. The quantitative estimate of drug-likeness (QED) is 0.889. The fraction of sp³-hybridized carbons (Fsp3) is 0.467. The Bertz CT molecular complexity index is 510. The molecule has 0 heterocycles. The minimum atomic E-state index is -0.992. The monoisotopic (exact) mass is 279 g/mol. The summed E-state index contributed by atoms with van der Waals surface area (Å²) in [4.78, 5) is 23.5. The molecule has 2 N–H and O–H groups in total. The van der Waals surface area contributed by atoms with E-state index in [1.165, 1.54) is 18.2 Å². The van der Waals surface area contributed by atoms with Crippen molar-refractivity contribution in [2.45, 2.75) is 38.5 Å². The lowest BCUT2D eigenvalue weighted by Gasteiger charge is -2.32. The van der Waals surface area contributed by atoms with Crippen LogP contribution in [0.15, 0.2) is 24.3 Å². The number of carboxylic acids is 1. The highest BCUT2D eigenvalue weighted by molar-refractivity contribution is 5.94. The van der Waals surface area contributed by atoms with Crippen LogP contribution in [-0.4, -0.2) is 17.0 Å². The van der Waals surface area contributed by atoms with Crippen molar-refractivity contribution in [1.29, 1.82) is 0 Å². The summed E-state index contributed by atoms with van der Waals surface area (Å²) in [5.41, 5.74) is -0.901. The molecule has 1 aliphatic rings. The number of carboxylic acid groups (broad SMARTS) is 1. The SMILES string of the molecule is O=C(CC1(C(=O)O)CCCCC1)Nc1ccccc1F. The standard InChI is InChI=1S/C15H18FNO3/c16-11-6-2-3-7-12(11)17-13(18)10-15(14(19)20)8-4-1-5-9-15/h2-3,6-7H,1,4-5,8-10H2,(H,17,18)(H,19,20). The van der Waals surface area contributed by atoms with Crippen LogP contribution in [0.25, 0.3) is 0 Å². The molecule has 2 rings (SSSR count). The zero-order valence-electron chi connectivity index (χ0n) is 11.2. The first-order chi connectivity index (χ1) is 9.53. The summed E-state index contributed by atoms with van der Waals surface area (Å²) in [5, 5.41) is 11.9. The summed E-state index contributed by atoms with van der Waals surface area (Å²) in [6.45, 7) is 0. The fourth-order valence-corrected chi connectivity index (χ4v) is 2.76. The maximum atomic E-state index is 13.5. The number of rotatable bonds is 4. The van der Waals surface area contributed by atoms with Crippen molar-refractivity contribution in [3.8, 4) is 0 Å². The Morgan fingerprint density at radius 3 is 2.45 bits per heavy atom. The van der Waals surface area contributed by atoms with Crippen molar-refractivity contribution in [3.63, 3.8) is 0 Å². The van der Waals surface area contributed by atoms with Gasteiger partial charge in [-0.25, -0.2) is 4.39 Å². The highest BCUT2D eigenvalue weighted by Crippen LogP contribution is 2.39. The lowest BCUT2D eigenvalue weighted by Crippen LogP contribution is -2.37. The fourth-order valence-electron chi connectivity index (χ4n) is 2.76. The molecular weight excluding hydrogens is 261 g/mol. The van der Waals surface area contributed by atoms with Crippen LogP contribution in [0.2, 0.25) is 0 Å². The molecule has 0 saturated heterocycles. The van der Waals surface area contributed by atoms with Crippen LogP contribution in [0.1, 0.15) is 38.5 Å². The Kier molecular flexibility index (Phi) is 4.37. The van der Waals surface area contributed by atoms with Gasteiger partial charge in [0.2, 0.25) is 5.91 Å². The van der Waals surface area contributed by atoms with Crippen molar-refractivity contribution in [2.75, 3.05) is 5.32 Å². The summed E-state index contributed by atoms with van der Waals surface area (Å²) in [7, 11) is 0. The van der Waals surface area contributed by atoms with Gasteiger partial charge >= 0.3 is 5.97 Å². The number of amides is 1. The smallest absolute Gasteiger partial charge is 0.310 e. The molecule has 108 valence electrons. The summed E-state index contributed by atoms with van der Waals surface area (Å²) >= 11 is 0. The maximum Gasteiger partial charge on any atom is 0.310 e. The molecule has 0 atom stereocenters. The van der Waals surface area contributed by atoms with Gasteiger partial charge in [-0.15, -0.1) is 0 Å². The van der Waals surface area contributed by atoms with Gasteiger partial charge in [-0.2, -0.15) is 0 Å². The molecule has 0 aromatic heterocycles. The number of hydrogen-bond donors (Lipinski definition) is 2. The molecule has 1 aromatic rings. The topological polar surface area (TPSA) is 66.4 Å². The van der Waals surface area contributed by atoms with E-state index < -0.39 is 23.1 Å². The van der Waals surface area contributed by atoms with E-state index in [9.17, 15) is 19.1 Å². The highest BCUT2D eigenvalue weighted by atomic mass is 19.1. The van der Waals surface area contributed by atoms with Crippen LogP contribution >= 0.6 is 0 Å². The second-order valence-electron chi connectivity index (χ2n) is 5.35. The van der Waals surface area contributed by atoms with E-state index >= 15 is 0 Å². The van der Waals surface area contributed by atoms with Crippen LogP contribution in [0, 0.1) is 11.2 Å². The molecule has 1 amide bonds. The molecule has 0 aliphatic heterocycles. The molecule has 1 saturated carbocycles. The first-order valence-corrected chi connectivity index (χ1v) is 6.81. The number of anilines is 1. The largest absolute Gasteiger partial charge is 0.481 e. The molecule has 20 heavy (non-hydrogen) atoms. The summed E-state index contributed by atoms with van der Waals surface area (Å²) < 4.78 is 13.5. The number of aliphatic carboxylic acids is 1. The second-order valence-corrected chi connectivity index (χ2v) is 5.35. The van der Waals surface area contributed by atoms with Gasteiger partial charge in [0.1, 0.15) is 5.82 Å². The average molecular weight is 279 g/mol. The van der Waals surface area contributed by atoms with Gasteiger partial charge in [-0.3, -0.25) is 9.59 Å². The van der Waals surface area contributed by atoms with Gasteiger partial charge in [0.15, 0.2) is 0 Å². The number of carbonyl (C=O) groups is 2. The lowest BCUT2D eigenvalue weighted by molar-refractivity contribution is -0.153. The molecule has 0 bridgehead atoms. The third-order valence-corrected chi connectivity index (χ3v) is 3.91. The molecule has 0 radical (unpaired) electrons. The van der Waals surface area contributed by atoms with Crippen molar-refractivity contribution in [1.82, 2.24) is 0 Å². The van der Waals surface area contributed by atoms with Gasteiger partial charge in [0, 0.05) is 6.42 Å². The summed E-state index contributed by atoms with van der Waals surface area (Å²) in [6.07, 6.45) is 3.55. The second kappa shape index (κ2) is 6.03. The minimum Gasteiger partial charge on any atom is -0.481 e.